The van der Waals surface area contributed by atoms with E-state index in [1.165, 1.54) is 35.1 Å². The molecule has 1 aliphatic rings. The molecule has 0 spiro atoms. The molecule has 2 heterocycles. The lowest BCUT2D eigenvalue weighted by molar-refractivity contribution is -0.137. The molecule has 0 aliphatic carbocycles. The molecule has 2 amide bonds. The van der Waals surface area contributed by atoms with Crippen LogP contribution in [0.2, 0.25) is 0 Å². The highest BCUT2D eigenvalue weighted by atomic mass is 32.2. The van der Waals surface area contributed by atoms with Crippen molar-refractivity contribution in [3.05, 3.63) is 47.9 Å². The van der Waals surface area contributed by atoms with Gasteiger partial charge in [-0.1, -0.05) is 6.92 Å². The van der Waals surface area contributed by atoms with Crippen LogP contribution in [0.4, 0.5) is 18.9 Å². The van der Waals surface area contributed by atoms with Crippen LogP contribution in [0.5, 0.6) is 0 Å². The molecule has 1 atom stereocenters. The Morgan fingerprint density at radius 1 is 1.31 bits per heavy atom. The van der Waals surface area contributed by atoms with E-state index in [1.54, 1.807) is 6.07 Å². The third-order valence-corrected chi connectivity index (χ3v) is 5.80. The maximum Gasteiger partial charge on any atom is 0.416 e. The lowest BCUT2D eigenvalue weighted by atomic mass is 10.1. The van der Waals surface area contributed by atoms with Gasteiger partial charge < -0.3 is 14.6 Å². The highest BCUT2D eigenvalue weighted by molar-refractivity contribution is 8.00. The molecular weight excluding hydrogens is 405 g/mol. The van der Waals surface area contributed by atoms with E-state index in [2.05, 4.69) is 5.32 Å². The van der Waals surface area contributed by atoms with Crippen LogP contribution in [-0.2, 0) is 11.0 Å². The van der Waals surface area contributed by atoms with Crippen LogP contribution in [0.25, 0.3) is 0 Å². The quantitative estimate of drug-likeness (QED) is 0.703. The predicted molar refractivity (Wildman–Crippen MR) is 104 cm³/mol. The number of fused-ring (bicyclic) bond motifs is 1. The molecule has 156 valence electrons. The zero-order chi connectivity index (χ0) is 21.0. The van der Waals surface area contributed by atoms with Gasteiger partial charge in [-0.15, -0.1) is 11.8 Å². The van der Waals surface area contributed by atoms with Gasteiger partial charge >= 0.3 is 6.18 Å². The summed E-state index contributed by atoms with van der Waals surface area (Å²) in [4.78, 5) is 26.7. The Hall–Kier alpha value is -2.42. The number of rotatable bonds is 5. The highest BCUT2D eigenvalue weighted by Crippen LogP contribution is 2.41. The molecule has 0 saturated carbocycles. The van der Waals surface area contributed by atoms with Crippen LogP contribution >= 0.6 is 11.8 Å². The van der Waals surface area contributed by atoms with Gasteiger partial charge in [-0.25, -0.2) is 0 Å². The van der Waals surface area contributed by atoms with E-state index in [9.17, 15) is 22.8 Å². The van der Waals surface area contributed by atoms with E-state index in [0.29, 0.717) is 30.0 Å². The summed E-state index contributed by atoms with van der Waals surface area (Å²) < 4.78 is 44.4. The summed E-state index contributed by atoms with van der Waals surface area (Å²) in [6.45, 7) is 2.62. The fourth-order valence-electron chi connectivity index (χ4n) is 3.04. The smallest absolute Gasteiger partial charge is 0.416 e. The lowest BCUT2D eigenvalue weighted by Gasteiger charge is -2.23. The van der Waals surface area contributed by atoms with Crippen molar-refractivity contribution in [3.8, 4) is 0 Å². The van der Waals surface area contributed by atoms with Crippen LogP contribution < -0.4 is 10.2 Å². The molecule has 2 aromatic rings. The van der Waals surface area contributed by atoms with Crippen LogP contribution in [0.15, 0.2) is 45.9 Å². The zero-order valence-corrected chi connectivity index (χ0v) is 16.6. The van der Waals surface area contributed by atoms with Gasteiger partial charge in [0.15, 0.2) is 5.76 Å². The Morgan fingerprint density at radius 3 is 2.79 bits per heavy atom. The Labute approximate surface area is 170 Å². The first-order valence-corrected chi connectivity index (χ1v) is 10.1. The molecule has 1 aromatic heterocycles. The molecule has 0 bridgehead atoms. The molecular formula is C20H21F3N2O3S. The molecule has 0 fully saturated rings. The topological polar surface area (TPSA) is 62.6 Å². The van der Waals surface area contributed by atoms with E-state index < -0.39 is 11.7 Å². The minimum Gasteiger partial charge on any atom is -0.459 e. The van der Waals surface area contributed by atoms with Crippen LogP contribution in [0, 0.1) is 0 Å². The van der Waals surface area contributed by atoms with Gasteiger partial charge in [-0.3, -0.25) is 9.59 Å². The number of nitrogens with zero attached hydrogens (tertiary/aromatic N) is 1. The molecule has 0 saturated heterocycles. The molecule has 29 heavy (non-hydrogen) atoms. The van der Waals surface area contributed by atoms with Crippen molar-refractivity contribution in [3.63, 3.8) is 0 Å². The summed E-state index contributed by atoms with van der Waals surface area (Å²) in [6.07, 6.45) is -1.90. The van der Waals surface area contributed by atoms with Gasteiger partial charge in [0.1, 0.15) is 0 Å². The minimum absolute atomic E-state index is 0.118. The summed E-state index contributed by atoms with van der Waals surface area (Å²) in [5.41, 5.74) is -0.464. The van der Waals surface area contributed by atoms with Crippen LogP contribution in [-0.4, -0.2) is 30.2 Å². The molecule has 1 aliphatic heterocycles. The standard InChI is InChI=1S/C20H21F3N2O3S/c1-13-8-10-25(15-12-14(20(21,22)23)6-7-17(15)29-13)18(26)5-2-9-24-19(27)16-4-3-11-28-16/h3-4,6-7,11-13H,2,5,8-10H2,1H3,(H,24,27). The van der Waals surface area contributed by atoms with Crippen LogP contribution in [0.3, 0.4) is 0 Å². The minimum atomic E-state index is -4.47. The van der Waals surface area contributed by atoms with E-state index in [1.807, 2.05) is 6.92 Å². The third-order valence-electron chi connectivity index (χ3n) is 4.56. The number of amides is 2. The summed E-state index contributed by atoms with van der Waals surface area (Å²) >= 11 is 1.48. The Kier molecular flexibility index (Phi) is 6.56. The zero-order valence-electron chi connectivity index (χ0n) is 15.8. The predicted octanol–water partition coefficient (Wildman–Crippen LogP) is 4.73. The number of benzene rings is 1. The maximum atomic E-state index is 13.1. The van der Waals surface area contributed by atoms with Gasteiger partial charge in [-0.05, 0) is 43.2 Å². The number of hydrogen-bond acceptors (Lipinski definition) is 4. The summed E-state index contributed by atoms with van der Waals surface area (Å²) in [6, 6.07) is 6.68. The first kappa shape index (κ1) is 21.3. The molecule has 1 aromatic carbocycles. The first-order valence-electron chi connectivity index (χ1n) is 9.25. The number of carbonyl (C=O) groups excluding carboxylic acids is 2. The number of carbonyl (C=O) groups is 2. The SMILES string of the molecule is CC1CCN(C(=O)CCCNC(=O)c2ccco2)c2cc(C(F)(F)F)ccc2S1. The molecule has 0 radical (unpaired) electrons. The lowest BCUT2D eigenvalue weighted by Crippen LogP contribution is -2.33. The fraction of sp³-hybridized carbons (Fsp3) is 0.400. The largest absolute Gasteiger partial charge is 0.459 e. The van der Waals surface area contributed by atoms with Crippen molar-refractivity contribution in [2.24, 2.45) is 0 Å². The number of nitrogens with one attached hydrogen (secondary N) is 1. The number of anilines is 1. The molecule has 9 heteroatoms. The van der Waals surface area contributed by atoms with Crippen LogP contribution in [0.1, 0.15) is 42.3 Å². The second-order valence-electron chi connectivity index (χ2n) is 6.78. The average Bonchev–Trinajstić information content (AvgIpc) is 3.14. The molecule has 1 N–H and O–H groups in total. The number of alkyl halides is 3. The van der Waals surface area contributed by atoms with Gasteiger partial charge in [-0.2, -0.15) is 13.2 Å². The highest BCUT2D eigenvalue weighted by Gasteiger charge is 2.33. The van der Waals surface area contributed by atoms with E-state index in [0.717, 1.165) is 12.1 Å². The van der Waals surface area contributed by atoms with Crippen molar-refractivity contribution >= 4 is 29.3 Å². The average molecular weight is 426 g/mol. The van der Waals surface area contributed by atoms with Crippen molar-refractivity contribution in [1.82, 2.24) is 5.32 Å². The van der Waals surface area contributed by atoms with Crippen molar-refractivity contribution in [2.45, 2.75) is 42.5 Å². The normalized spacial score (nSPS) is 16.8. The van der Waals surface area contributed by atoms with Crippen molar-refractivity contribution in [1.29, 1.82) is 0 Å². The Bertz CT molecular complexity index is 868. The monoisotopic (exact) mass is 426 g/mol. The van der Waals surface area contributed by atoms with Gasteiger partial charge in [0.05, 0.1) is 17.5 Å². The van der Waals surface area contributed by atoms with Gasteiger partial charge in [0.25, 0.3) is 5.91 Å². The Balaban J connectivity index is 1.66. The number of furan rings is 1. The molecule has 1 unspecified atom stereocenters. The van der Waals surface area contributed by atoms with E-state index in [-0.39, 0.29) is 35.8 Å². The first-order chi connectivity index (χ1) is 13.8. The van der Waals surface area contributed by atoms with Crippen molar-refractivity contribution < 1.29 is 27.2 Å². The van der Waals surface area contributed by atoms with Gasteiger partial charge in [0.2, 0.25) is 5.91 Å². The fourth-order valence-corrected chi connectivity index (χ4v) is 4.13. The molecule has 5 nitrogen and oxygen atoms in total. The number of halogens is 3. The second kappa shape index (κ2) is 8.94. The second-order valence-corrected chi connectivity index (χ2v) is 8.26. The maximum absolute atomic E-state index is 13.1. The van der Waals surface area contributed by atoms with E-state index >= 15 is 0 Å². The summed E-state index contributed by atoms with van der Waals surface area (Å²) in [7, 11) is 0. The number of hydrogen-bond donors (Lipinski definition) is 1. The van der Waals surface area contributed by atoms with E-state index in [4.69, 9.17) is 4.42 Å². The summed E-state index contributed by atoms with van der Waals surface area (Å²) in [5.74, 6) is -0.446. The van der Waals surface area contributed by atoms with Crippen molar-refractivity contribution in [2.75, 3.05) is 18.0 Å². The Morgan fingerprint density at radius 2 is 2.10 bits per heavy atom. The molecule has 3 rings (SSSR count). The number of thioether (sulfide) groups is 1. The summed E-state index contributed by atoms with van der Waals surface area (Å²) in [5, 5.41) is 2.85. The third kappa shape index (κ3) is 5.35. The van der Waals surface area contributed by atoms with Gasteiger partial charge in [0, 0.05) is 29.7 Å².